The highest BCUT2D eigenvalue weighted by atomic mass is 16.7. The highest BCUT2D eigenvalue weighted by Crippen LogP contribution is 2.47. The number of ether oxygens (including phenoxy) is 3. The number of carboxylic acids is 1. The molecule has 5 rings (SSSR count). The van der Waals surface area contributed by atoms with E-state index in [4.69, 9.17) is 14.2 Å². The van der Waals surface area contributed by atoms with Gasteiger partial charge >= 0.3 is 5.97 Å². The molecule has 2 aromatic carbocycles. The molecule has 1 aromatic heterocycles. The second-order valence-corrected chi connectivity index (χ2v) is 13.4. The van der Waals surface area contributed by atoms with Crippen molar-refractivity contribution >= 4 is 17.6 Å². The first-order valence-corrected chi connectivity index (χ1v) is 16.1. The van der Waals surface area contributed by atoms with E-state index >= 15 is 0 Å². The number of aryl methyl sites for hydroxylation is 2. The lowest BCUT2D eigenvalue weighted by Crippen LogP contribution is -2.45. The zero-order chi connectivity index (χ0) is 33.0. The van der Waals surface area contributed by atoms with E-state index in [1.165, 1.54) is 0 Å². The normalized spacial score (nSPS) is 19.4. The minimum atomic E-state index is -0.891. The number of carbonyl (C=O) groups excluding carboxylic acids is 1. The van der Waals surface area contributed by atoms with Crippen LogP contribution >= 0.6 is 0 Å². The van der Waals surface area contributed by atoms with Gasteiger partial charge in [-0.1, -0.05) is 25.5 Å². The van der Waals surface area contributed by atoms with E-state index in [0.29, 0.717) is 43.2 Å². The average Bonchev–Trinajstić information content (AvgIpc) is 3.73. The van der Waals surface area contributed by atoms with Crippen LogP contribution in [-0.4, -0.2) is 96.6 Å². The van der Waals surface area contributed by atoms with E-state index in [1.54, 1.807) is 13.3 Å². The summed E-state index contributed by atoms with van der Waals surface area (Å²) in [7, 11) is 9.95. The number of quaternary nitrogens is 1. The number of rotatable bonds is 14. The van der Waals surface area contributed by atoms with E-state index in [-0.39, 0.29) is 19.2 Å². The number of carboxylic acid groups (broad SMARTS) is 1. The van der Waals surface area contributed by atoms with Crippen molar-refractivity contribution in [3.63, 3.8) is 0 Å². The fourth-order valence-electron chi connectivity index (χ4n) is 6.81. The molecule has 1 amide bonds. The zero-order valence-electron chi connectivity index (χ0n) is 27.9. The topological polar surface area (TPSA) is 106 Å². The molecule has 3 aromatic rings. The van der Waals surface area contributed by atoms with Crippen LogP contribution in [0, 0.1) is 5.92 Å². The molecule has 1 N–H and O–H groups in total. The second-order valence-electron chi connectivity index (χ2n) is 13.4. The Bertz CT molecular complexity index is 1530. The van der Waals surface area contributed by atoms with Crippen LogP contribution in [0.5, 0.6) is 17.2 Å². The predicted octanol–water partition coefficient (Wildman–Crippen LogP) is 4.30. The van der Waals surface area contributed by atoms with Crippen LogP contribution in [0.2, 0.25) is 0 Å². The maximum absolute atomic E-state index is 14.3. The Morgan fingerprint density at radius 2 is 1.98 bits per heavy atom. The van der Waals surface area contributed by atoms with Crippen molar-refractivity contribution in [3.8, 4) is 17.2 Å². The Hall–Kier alpha value is -4.09. The molecule has 3 atom stereocenters. The van der Waals surface area contributed by atoms with Gasteiger partial charge in [0.1, 0.15) is 12.4 Å². The number of methoxy groups -OCH3 is 1. The Morgan fingerprint density at radius 1 is 1.17 bits per heavy atom. The Kier molecular flexibility index (Phi) is 10.2. The Balaban J connectivity index is 1.47. The molecule has 0 bridgehead atoms. The second kappa shape index (κ2) is 14.1. The molecule has 46 heavy (non-hydrogen) atoms. The Morgan fingerprint density at radius 3 is 2.65 bits per heavy atom. The summed E-state index contributed by atoms with van der Waals surface area (Å²) in [5.74, 6) is 0.371. The molecule has 1 saturated heterocycles. The molecule has 3 heterocycles. The summed E-state index contributed by atoms with van der Waals surface area (Å²) in [6.07, 6.45) is 6.59. The highest BCUT2D eigenvalue weighted by molar-refractivity contribution is 5.95. The zero-order valence-corrected chi connectivity index (χ0v) is 27.9. The number of anilines is 1. The first-order chi connectivity index (χ1) is 22.0. The first kappa shape index (κ1) is 33.3. The third-order valence-corrected chi connectivity index (χ3v) is 8.98. The number of hydrogen-bond acceptors (Lipinski definition) is 7. The summed E-state index contributed by atoms with van der Waals surface area (Å²) in [6.45, 7) is 4.15. The van der Waals surface area contributed by atoms with E-state index in [9.17, 15) is 14.7 Å². The van der Waals surface area contributed by atoms with Gasteiger partial charge in [-0.2, -0.15) is 0 Å². The van der Waals surface area contributed by atoms with Crippen molar-refractivity contribution in [2.24, 2.45) is 13.0 Å². The molecule has 0 aliphatic carbocycles. The molecule has 2 aliphatic heterocycles. The van der Waals surface area contributed by atoms with Crippen LogP contribution < -0.4 is 19.1 Å². The minimum absolute atomic E-state index is 0.0362. The quantitative estimate of drug-likeness (QED) is 0.262. The van der Waals surface area contributed by atoms with Crippen LogP contribution in [0.1, 0.15) is 49.1 Å². The smallest absolute Gasteiger partial charge is 0.308 e. The van der Waals surface area contributed by atoms with Gasteiger partial charge in [-0.3, -0.25) is 14.5 Å². The van der Waals surface area contributed by atoms with Crippen molar-refractivity contribution in [2.75, 3.05) is 59.6 Å². The molecular weight excluding hydrogens is 586 g/mol. The number of benzene rings is 2. The van der Waals surface area contributed by atoms with Crippen molar-refractivity contribution in [1.82, 2.24) is 14.5 Å². The molecule has 11 heteroatoms. The molecule has 1 unspecified atom stereocenters. The third kappa shape index (κ3) is 7.47. The lowest BCUT2D eigenvalue weighted by molar-refractivity contribution is -0.884. The van der Waals surface area contributed by atoms with Crippen LogP contribution in [0.4, 0.5) is 5.69 Å². The van der Waals surface area contributed by atoms with Crippen molar-refractivity contribution in [1.29, 1.82) is 0 Å². The fraction of sp³-hybridized carbons (Fsp3) is 0.514. The summed E-state index contributed by atoms with van der Waals surface area (Å²) in [4.78, 5) is 35.8. The van der Waals surface area contributed by atoms with Gasteiger partial charge in [0.05, 0.1) is 40.7 Å². The SMILES string of the molecule is CCCCN(C(=O)CN1C[C@H](c2cc(OC)c3c(c2)OCO3)C(C(=O)O)[C@@H]1CCc1nccn1C)c1cccc(C[N+](C)(C)C)c1. The fourth-order valence-corrected chi connectivity index (χ4v) is 6.81. The number of unbranched alkanes of at least 4 members (excludes halogenated alkanes) is 1. The number of aromatic nitrogens is 2. The van der Waals surface area contributed by atoms with Crippen molar-refractivity contribution in [2.45, 2.75) is 51.1 Å². The number of carbonyl (C=O) groups is 2. The number of nitrogens with zero attached hydrogens (tertiary/aromatic N) is 5. The Labute approximate surface area is 271 Å². The summed E-state index contributed by atoms with van der Waals surface area (Å²) in [5.41, 5.74) is 2.83. The van der Waals surface area contributed by atoms with E-state index in [0.717, 1.165) is 46.5 Å². The maximum Gasteiger partial charge on any atom is 0.308 e. The number of fused-ring (bicyclic) bond motifs is 1. The molecule has 2 aliphatic rings. The number of amides is 1. The van der Waals surface area contributed by atoms with E-state index < -0.39 is 23.8 Å². The minimum Gasteiger partial charge on any atom is -0.493 e. The van der Waals surface area contributed by atoms with Crippen LogP contribution in [0.15, 0.2) is 48.8 Å². The molecule has 0 saturated carbocycles. The lowest BCUT2D eigenvalue weighted by atomic mass is 9.83. The summed E-state index contributed by atoms with van der Waals surface area (Å²) in [5, 5.41) is 10.7. The number of likely N-dealkylation sites (tertiary alicyclic amines) is 1. The number of imidazole rings is 1. The van der Waals surface area contributed by atoms with Gasteiger partial charge in [-0.05, 0) is 42.7 Å². The average molecular weight is 635 g/mol. The molecule has 248 valence electrons. The third-order valence-electron chi connectivity index (χ3n) is 8.98. The van der Waals surface area contributed by atoms with Gasteiger partial charge in [-0.25, -0.2) is 4.98 Å². The summed E-state index contributed by atoms with van der Waals surface area (Å²) < 4.78 is 19.6. The van der Waals surface area contributed by atoms with Crippen molar-refractivity contribution in [3.05, 3.63) is 65.7 Å². The highest BCUT2D eigenvalue weighted by Gasteiger charge is 2.47. The van der Waals surface area contributed by atoms with Gasteiger partial charge in [0.2, 0.25) is 18.4 Å². The molecule has 11 nitrogen and oxygen atoms in total. The summed E-state index contributed by atoms with van der Waals surface area (Å²) in [6, 6.07) is 11.5. The largest absolute Gasteiger partial charge is 0.493 e. The van der Waals surface area contributed by atoms with Gasteiger partial charge in [0, 0.05) is 62.2 Å². The van der Waals surface area contributed by atoms with Crippen LogP contribution in [-0.2, 0) is 29.6 Å². The van der Waals surface area contributed by atoms with Crippen molar-refractivity contribution < 1.29 is 33.4 Å². The molecule has 0 radical (unpaired) electrons. The van der Waals surface area contributed by atoms with E-state index in [2.05, 4.69) is 50.1 Å². The first-order valence-electron chi connectivity index (χ1n) is 16.1. The van der Waals surface area contributed by atoms with Gasteiger partial charge < -0.3 is 33.3 Å². The molecule has 0 spiro atoms. The van der Waals surface area contributed by atoms with Crippen LogP contribution in [0.25, 0.3) is 0 Å². The standard InChI is InChI=1S/C35H47N5O6/c1-7-8-15-39(26-11-9-10-24(17-26)22-40(3,4)5)32(41)21-38-20-27(25-18-29(44-6)34-30(19-25)45-23-46-34)33(35(42)43)28(38)12-13-31-36-14-16-37(31)2/h9-11,14,16-19,27-28,33H,7-8,12-13,15,20-23H2,1-6H3/p+1/t27-,28+,33?/m1/s1. The van der Waals surface area contributed by atoms with Gasteiger partial charge in [-0.15, -0.1) is 0 Å². The van der Waals surface area contributed by atoms with Gasteiger partial charge in [0.15, 0.2) is 11.5 Å². The van der Waals surface area contributed by atoms with Crippen LogP contribution in [0.3, 0.4) is 0 Å². The molecule has 1 fully saturated rings. The number of aliphatic carboxylic acids is 1. The summed E-state index contributed by atoms with van der Waals surface area (Å²) >= 11 is 0. The lowest BCUT2D eigenvalue weighted by Gasteiger charge is -2.30. The predicted molar refractivity (Wildman–Crippen MR) is 175 cm³/mol. The van der Waals surface area contributed by atoms with Gasteiger partial charge in [0.25, 0.3) is 0 Å². The number of hydrogen-bond donors (Lipinski definition) is 1. The molecular formula is C35H48N5O6+. The monoisotopic (exact) mass is 634 g/mol. The maximum atomic E-state index is 14.3. The van der Waals surface area contributed by atoms with E-state index in [1.807, 2.05) is 47.0 Å².